The van der Waals surface area contributed by atoms with Crippen molar-refractivity contribution in [2.75, 3.05) is 39.2 Å². The van der Waals surface area contributed by atoms with Gasteiger partial charge in [0.1, 0.15) is 0 Å². The largest absolute Gasteiger partial charge is 0.522 e. The molecule has 1 aromatic carbocycles. The summed E-state index contributed by atoms with van der Waals surface area (Å²) in [5.74, 6) is 0.554. The Bertz CT molecular complexity index is 395. The third-order valence-corrected chi connectivity index (χ3v) is 1.18. The average molecular weight is 460 g/mol. The van der Waals surface area contributed by atoms with Crippen molar-refractivity contribution >= 4 is 27.6 Å². The molecule has 0 fully saturated rings. The summed E-state index contributed by atoms with van der Waals surface area (Å²) in [6, 6.07) is 8.40. The summed E-state index contributed by atoms with van der Waals surface area (Å²) in [6.45, 7) is 1.08. The monoisotopic (exact) mass is 459 g/mol. The predicted molar refractivity (Wildman–Crippen MR) is 91.7 cm³/mol. The Balaban J connectivity index is -0.000000118. The van der Waals surface area contributed by atoms with Crippen molar-refractivity contribution < 1.29 is 48.2 Å². The van der Waals surface area contributed by atoms with E-state index in [2.05, 4.69) is 6.07 Å². The van der Waals surface area contributed by atoms with Crippen LogP contribution in [0, 0.1) is 6.07 Å². The summed E-state index contributed by atoms with van der Waals surface area (Å²) in [4.78, 5) is 9.00. The molecule has 0 aromatic heterocycles. The number of benzene rings is 1. The predicted octanol–water partition coefficient (Wildman–Crippen LogP) is 1.58. The zero-order valence-corrected chi connectivity index (χ0v) is 17.5. The Kier molecular flexibility index (Phi) is 27.9. The van der Waals surface area contributed by atoms with Crippen LogP contribution in [0.4, 0.5) is 0 Å². The normalized spacial score (nSPS) is 8.04. The first-order valence-corrected chi connectivity index (χ1v) is 9.80. The number of hydrogen-bond donors (Lipinski definition) is 1. The second-order valence-electron chi connectivity index (χ2n) is 3.79. The van der Waals surface area contributed by atoms with Crippen molar-refractivity contribution in [3.8, 4) is 11.5 Å². The molecule has 0 atom stereocenters. The van der Waals surface area contributed by atoms with Gasteiger partial charge in [-0.1, -0.05) is 6.07 Å². The summed E-state index contributed by atoms with van der Waals surface area (Å²) in [5, 5.41) is 7.42. The van der Waals surface area contributed by atoms with Crippen LogP contribution >= 0.6 is 0 Å². The van der Waals surface area contributed by atoms with Crippen LogP contribution in [0.15, 0.2) is 18.2 Å². The molecule has 0 aliphatic carbocycles. The number of rotatable bonds is 2. The molecule has 0 spiro atoms. The molecule has 0 aliphatic heterocycles. The topological polar surface area (TPSA) is 89.9 Å². The smallest absolute Gasteiger partial charge is 0.300 e. The summed E-state index contributed by atoms with van der Waals surface area (Å²) in [6.07, 6.45) is 6.56. The minimum Gasteiger partial charge on any atom is -0.522 e. The third kappa shape index (κ3) is 44.9. The molecule has 0 saturated carbocycles. The minimum atomic E-state index is -0.833. The van der Waals surface area contributed by atoms with Gasteiger partial charge in [0.25, 0.3) is 5.97 Å². The molecule has 9 heteroatoms. The maximum absolute atomic E-state index is 9.56. The number of carboxylic acids is 1. The number of hydrogen-bond acceptors (Lipinski definition) is 5. The molecule has 0 unspecified atom stereocenters. The number of ether oxygens (including phenoxy) is 2. The Morgan fingerprint density at radius 1 is 1.00 bits per heavy atom. The van der Waals surface area contributed by atoms with Crippen LogP contribution in [0.3, 0.4) is 0 Å². The van der Waals surface area contributed by atoms with Gasteiger partial charge in [-0.05, 0) is 0 Å². The van der Waals surface area contributed by atoms with Crippen LogP contribution < -0.4 is 9.47 Å². The summed E-state index contributed by atoms with van der Waals surface area (Å²) < 4.78 is 29.0. The Hall–Kier alpha value is -0.748. The molecule has 23 heavy (non-hydrogen) atoms. The first kappa shape index (κ1) is 30.2. The van der Waals surface area contributed by atoms with E-state index in [1.54, 1.807) is 39.2 Å². The SMILES string of the molecule is CC(=O)O.COc1[c-]c(OC)ccc1.CS(C)=O.CS(C)=O.[Pd]. The van der Waals surface area contributed by atoms with Crippen molar-refractivity contribution in [3.63, 3.8) is 0 Å². The van der Waals surface area contributed by atoms with Gasteiger partial charge in [-0.2, -0.15) is 6.07 Å². The van der Waals surface area contributed by atoms with Gasteiger partial charge in [0.05, 0.1) is 14.2 Å². The molecule has 1 N–H and O–H groups in total. The minimum absolute atomic E-state index is 0. The van der Waals surface area contributed by atoms with Gasteiger partial charge >= 0.3 is 0 Å². The first-order chi connectivity index (χ1) is 10.1. The van der Waals surface area contributed by atoms with E-state index in [0.717, 1.165) is 6.92 Å². The molecule has 1 aromatic rings. The first-order valence-electron chi connectivity index (χ1n) is 5.86. The van der Waals surface area contributed by atoms with E-state index >= 15 is 0 Å². The number of methoxy groups -OCH3 is 2. The van der Waals surface area contributed by atoms with Crippen LogP contribution in [0.2, 0.25) is 0 Å². The van der Waals surface area contributed by atoms with Gasteiger partial charge in [0.2, 0.25) is 0 Å². The van der Waals surface area contributed by atoms with Crippen LogP contribution in [0.25, 0.3) is 0 Å². The van der Waals surface area contributed by atoms with Crippen LogP contribution in [-0.2, 0) is 46.8 Å². The molecular formula is C14H25O6PdS2-. The number of carboxylic acid groups (broad SMARTS) is 1. The van der Waals surface area contributed by atoms with Crippen molar-refractivity contribution in [2.24, 2.45) is 0 Å². The number of aliphatic carboxylic acids is 1. The van der Waals surface area contributed by atoms with Crippen molar-refractivity contribution in [3.05, 3.63) is 24.3 Å². The van der Waals surface area contributed by atoms with E-state index < -0.39 is 27.6 Å². The van der Waals surface area contributed by atoms with Gasteiger partial charge in [-0.3, -0.25) is 13.2 Å². The fourth-order valence-corrected chi connectivity index (χ4v) is 0.666. The zero-order valence-electron chi connectivity index (χ0n) is 14.4. The van der Waals surface area contributed by atoms with E-state index in [9.17, 15) is 8.42 Å². The maximum Gasteiger partial charge on any atom is 0.300 e. The van der Waals surface area contributed by atoms with E-state index in [1.165, 1.54) is 0 Å². The van der Waals surface area contributed by atoms with Gasteiger partial charge in [-0.25, -0.2) is 0 Å². The summed E-state index contributed by atoms with van der Waals surface area (Å²) >= 11 is 0. The maximum atomic E-state index is 9.56. The molecular weight excluding hydrogens is 435 g/mol. The zero-order chi connectivity index (χ0) is 18.1. The quantitative estimate of drug-likeness (QED) is 0.533. The van der Waals surface area contributed by atoms with Crippen molar-refractivity contribution in [2.45, 2.75) is 6.92 Å². The second-order valence-corrected chi connectivity index (χ2v) is 6.76. The van der Waals surface area contributed by atoms with Crippen LogP contribution in [0.5, 0.6) is 11.5 Å². The summed E-state index contributed by atoms with van der Waals surface area (Å²) in [7, 11) is 1.98. The molecule has 0 bridgehead atoms. The van der Waals surface area contributed by atoms with Gasteiger partial charge in [0.15, 0.2) is 0 Å². The van der Waals surface area contributed by atoms with E-state index in [0.29, 0.717) is 11.5 Å². The molecule has 6 nitrogen and oxygen atoms in total. The average Bonchev–Trinajstić information content (AvgIpc) is 2.36. The Morgan fingerprint density at radius 2 is 1.22 bits per heavy atom. The molecule has 0 saturated heterocycles. The van der Waals surface area contributed by atoms with Crippen molar-refractivity contribution in [1.29, 1.82) is 0 Å². The number of carbonyl (C=O) groups is 1. The molecule has 0 aliphatic rings. The van der Waals surface area contributed by atoms with Crippen molar-refractivity contribution in [1.82, 2.24) is 0 Å². The molecule has 0 heterocycles. The fraction of sp³-hybridized carbons (Fsp3) is 0.500. The Labute approximate surface area is 157 Å². The molecule has 0 radical (unpaired) electrons. The summed E-state index contributed by atoms with van der Waals surface area (Å²) in [5.41, 5.74) is 0. The van der Waals surface area contributed by atoms with E-state index in [-0.39, 0.29) is 20.4 Å². The fourth-order valence-electron chi connectivity index (χ4n) is 0.666. The van der Waals surface area contributed by atoms with Gasteiger partial charge in [0, 0.05) is 85.5 Å². The molecule has 140 valence electrons. The Morgan fingerprint density at radius 3 is 1.39 bits per heavy atom. The third-order valence-electron chi connectivity index (χ3n) is 1.18. The standard InChI is InChI=1S/C8H9O2.C2H4O2.2C2H6OS.Pd/c1-9-7-4-3-5-8(6-7)10-2;1-2(3)4;2*1-4(2)3;/h3-5H,1-2H3;1H3,(H,3,4);2*1-2H3;/q-1;;;;. The van der Waals surface area contributed by atoms with E-state index in [1.807, 2.05) is 18.2 Å². The molecule has 0 amide bonds. The van der Waals surface area contributed by atoms with Crippen LogP contribution in [0.1, 0.15) is 6.92 Å². The van der Waals surface area contributed by atoms with E-state index in [4.69, 9.17) is 19.4 Å². The van der Waals surface area contributed by atoms with Crippen LogP contribution in [-0.4, -0.2) is 58.7 Å². The van der Waals surface area contributed by atoms with Gasteiger partial charge in [-0.15, -0.1) is 12.1 Å². The second kappa shape index (κ2) is 21.3. The van der Waals surface area contributed by atoms with Gasteiger partial charge < -0.3 is 14.6 Å². The molecule has 1 rings (SSSR count).